The number of amides is 1. The molecule has 1 aromatic carbocycles. The second-order valence-corrected chi connectivity index (χ2v) is 5.52. The van der Waals surface area contributed by atoms with Crippen LogP contribution < -0.4 is 10.1 Å². The maximum Gasteiger partial charge on any atom is 0.257 e. The summed E-state index contributed by atoms with van der Waals surface area (Å²) >= 11 is 0. The van der Waals surface area contributed by atoms with Gasteiger partial charge in [0.1, 0.15) is 5.75 Å². The van der Waals surface area contributed by atoms with Gasteiger partial charge in [-0.3, -0.25) is 4.79 Å². The van der Waals surface area contributed by atoms with E-state index in [1.54, 1.807) is 13.0 Å². The van der Waals surface area contributed by atoms with E-state index in [-0.39, 0.29) is 12.5 Å². The van der Waals surface area contributed by atoms with Gasteiger partial charge in [-0.25, -0.2) is 0 Å². The molecule has 1 atom stereocenters. The molecule has 4 nitrogen and oxygen atoms in total. The Hall–Kier alpha value is -1.55. The third-order valence-electron chi connectivity index (χ3n) is 3.08. The number of rotatable bonds is 7. The zero-order chi connectivity index (χ0) is 15.1. The van der Waals surface area contributed by atoms with Crippen molar-refractivity contribution in [2.45, 2.75) is 40.2 Å². The second-order valence-electron chi connectivity index (χ2n) is 5.52. The Morgan fingerprint density at radius 2 is 2.05 bits per heavy atom. The lowest BCUT2D eigenvalue weighted by atomic mass is 10.1. The molecule has 4 heteroatoms. The molecule has 0 heterocycles. The Kier molecular flexibility index (Phi) is 6.52. The van der Waals surface area contributed by atoms with Crippen molar-refractivity contribution >= 4 is 5.91 Å². The quantitative estimate of drug-likeness (QED) is 0.806. The first-order valence-corrected chi connectivity index (χ1v) is 7.08. The predicted octanol–water partition coefficient (Wildman–Crippen LogP) is 2.59. The van der Waals surface area contributed by atoms with Gasteiger partial charge in [-0.2, -0.15) is 0 Å². The Morgan fingerprint density at radius 3 is 2.60 bits per heavy atom. The molecule has 1 amide bonds. The van der Waals surface area contributed by atoms with Gasteiger partial charge < -0.3 is 15.2 Å². The number of aliphatic hydroxyl groups excluding tert-OH is 1. The van der Waals surface area contributed by atoms with Crippen LogP contribution in [0.3, 0.4) is 0 Å². The molecule has 1 rings (SSSR count). The third kappa shape index (κ3) is 5.61. The van der Waals surface area contributed by atoms with Crippen LogP contribution in [0.5, 0.6) is 5.75 Å². The van der Waals surface area contributed by atoms with Gasteiger partial charge in [0.05, 0.1) is 6.10 Å². The summed E-state index contributed by atoms with van der Waals surface area (Å²) in [6, 6.07) is 5.47. The number of hydrogen-bond donors (Lipinski definition) is 2. The lowest BCUT2D eigenvalue weighted by molar-refractivity contribution is -0.123. The fourth-order valence-electron chi connectivity index (χ4n) is 1.79. The minimum Gasteiger partial charge on any atom is -0.484 e. The normalized spacial score (nSPS) is 12.3. The summed E-state index contributed by atoms with van der Waals surface area (Å²) in [7, 11) is 0. The predicted molar refractivity (Wildman–Crippen MR) is 79.8 cm³/mol. The topological polar surface area (TPSA) is 58.6 Å². The molecule has 20 heavy (non-hydrogen) atoms. The van der Waals surface area contributed by atoms with E-state index in [0.29, 0.717) is 18.2 Å². The Labute approximate surface area is 121 Å². The molecule has 1 unspecified atom stereocenters. The van der Waals surface area contributed by atoms with E-state index in [2.05, 4.69) is 19.2 Å². The smallest absolute Gasteiger partial charge is 0.257 e. The summed E-state index contributed by atoms with van der Waals surface area (Å²) < 4.78 is 5.50. The van der Waals surface area contributed by atoms with Gasteiger partial charge in [0.15, 0.2) is 6.61 Å². The summed E-state index contributed by atoms with van der Waals surface area (Å²) in [4.78, 5) is 11.6. The van der Waals surface area contributed by atoms with E-state index in [1.165, 1.54) is 0 Å². The molecule has 0 bridgehead atoms. The molecule has 0 aliphatic carbocycles. The summed E-state index contributed by atoms with van der Waals surface area (Å²) in [5.74, 6) is 1.14. The van der Waals surface area contributed by atoms with Crippen LogP contribution >= 0.6 is 0 Å². The van der Waals surface area contributed by atoms with Crippen molar-refractivity contribution < 1.29 is 14.6 Å². The minimum atomic E-state index is -0.498. The van der Waals surface area contributed by atoms with Gasteiger partial charge >= 0.3 is 0 Å². The lowest BCUT2D eigenvalue weighted by Gasteiger charge is -2.12. The van der Waals surface area contributed by atoms with Crippen LogP contribution in [-0.2, 0) is 4.79 Å². The van der Waals surface area contributed by atoms with Crippen LogP contribution in [0.25, 0.3) is 0 Å². The van der Waals surface area contributed by atoms with Crippen molar-refractivity contribution in [1.82, 2.24) is 5.32 Å². The summed E-state index contributed by atoms with van der Waals surface area (Å²) in [6.07, 6.45) is 0.468. The number of carbonyl (C=O) groups excluding carboxylic acids is 1. The molecule has 1 aromatic rings. The van der Waals surface area contributed by atoms with E-state index in [0.717, 1.165) is 17.5 Å². The van der Waals surface area contributed by atoms with E-state index < -0.39 is 6.10 Å². The van der Waals surface area contributed by atoms with Crippen molar-refractivity contribution in [2.24, 2.45) is 5.92 Å². The zero-order valence-electron chi connectivity index (χ0n) is 12.8. The molecule has 0 fully saturated rings. The fraction of sp³-hybridized carbons (Fsp3) is 0.562. The maximum absolute atomic E-state index is 11.6. The van der Waals surface area contributed by atoms with Gasteiger partial charge in [0.25, 0.3) is 5.91 Å². The van der Waals surface area contributed by atoms with Crippen molar-refractivity contribution in [3.8, 4) is 5.75 Å². The molecule has 0 saturated carbocycles. The molecule has 112 valence electrons. The number of aryl methyl sites for hydroxylation is 1. The highest BCUT2D eigenvalue weighted by molar-refractivity contribution is 5.77. The minimum absolute atomic E-state index is 0.0208. The number of benzene rings is 1. The first-order valence-electron chi connectivity index (χ1n) is 7.08. The van der Waals surface area contributed by atoms with Gasteiger partial charge in [-0.15, -0.1) is 0 Å². The molecule has 0 radical (unpaired) electrons. The number of aliphatic hydroxyl groups is 1. The maximum atomic E-state index is 11.6. The molecule has 0 aromatic heterocycles. The second kappa shape index (κ2) is 7.90. The van der Waals surface area contributed by atoms with Crippen LogP contribution in [0.1, 0.15) is 44.4 Å². The average molecular weight is 279 g/mol. The molecular weight excluding hydrogens is 254 g/mol. The van der Waals surface area contributed by atoms with Gasteiger partial charge in [0.2, 0.25) is 0 Å². The van der Waals surface area contributed by atoms with Crippen LogP contribution in [0, 0.1) is 12.8 Å². The first-order chi connectivity index (χ1) is 9.40. The fourth-order valence-corrected chi connectivity index (χ4v) is 1.79. The highest BCUT2D eigenvalue weighted by atomic mass is 16.5. The van der Waals surface area contributed by atoms with Gasteiger partial charge in [-0.1, -0.05) is 19.9 Å². The molecule has 0 spiro atoms. The largest absolute Gasteiger partial charge is 0.484 e. The number of hydrogen-bond acceptors (Lipinski definition) is 3. The van der Waals surface area contributed by atoms with Gasteiger partial charge in [-0.05, 0) is 49.4 Å². The summed E-state index contributed by atoms with van der Waals surface area (Å²) in [5, 5.41) is 12.3. The van der Waals surface area contributed by atoms with E-state index in [4.69, 9.17) is 4.74 Å². The summed E-state index contributed by atoms with van der Waals surface area (Å²) in [6.45, 7) is 8.56. The van der Waals surface area contributed by atoms with E-state index >= 15 is 0 Å². The molecule has 2 N–H and O–H groups in total. The van der Waals surface area contributed by atoms with Crippen molar-refractivity contribution in [3.63, 3.8) is 0 Å². The van der Waals surface area contributed by atoms with Crippen LogP contribution in [0.4, 0.5) is 0 Å². The van der Waals surface area contributed by atoms with Crippen LogP contribution in [-0.4, -0.2) is 24.2 Å². The Bertz CT molecular complexity index is 441. The Balaban J connectivity index is 2.43. The highest BCUT2D eigenvalue weighted by Gasteiger charge is 2.07. The van der Waals surface area contributed by atoms with Crippen molar-refractivity contribution in [2.75, 3.05) is 13.2 Å². The number of ether oxygens (including phenoxy) is 1. The van der Waals surface area contributed by atoms with E-state index in [1.807, 2.05) is 19.1 Å². The molecule has 0 aliphatic rings. The number of nitrogens with one attached hydrogen (secondary N) is 1. The molecule has 0 aliphatic heterocycles. The van der Waals surface area contributed by atoms with E-state index in [9.17, 15) is 9.90 Å². The number of carbonyl (C=O) groups is 1. The van der Waals surface area contributed by atoms with Crippen LogP contribution in [0.2, 0.25) is 0 Å². The standard InChI is InChI=1S/C16H25NO3/c1-11(2)7-8-17-16(19)10-20-15-6-5-14(13(4)18)9-12(15)3/h5-6,9,11,13,18H,7-8,10H2,1-4H3,(H,17,19). The Morgan fingerprint density at radius 1 is 1.35 bits per heavy atom. The average Bonchev–Trinajstić information content (AvgIpc) is 2.36. The molecule has 0 saturated heterocycles. The van der Waals surface area contributed by atoms with Crippen LogP contribution in [0.15, 0.2) is 18.2 Å². The molecular formula is C16H25NO3. The SMILES string of the molecule is Cc1cc(C(C)O)ccc1OCC(=O)NCCC(C)C. The first kappa shape index (κ1) is 16.5. The van der Waals surface area contributed by atoms with Crippen molar-refractivity contribution in [3.05, 3.63) is 29.3 Å². The monoisotopic (exact) mass is 279 g/mol. The van der Waals surface area contributed by atoms with Gasteiger partial charge in [0, 0.05) is 6.54 Å². The van der Waals surface area contributed by atoms with Crippen molar-refractivity contribution in [1.29, 1.82) is 0 Å². The third-order valence-corrected chi connectivity index (χ3v) is 3.08. The summed E-state index contributed by atoms with van der Waals surface area (Å²) in [5.41, 5.74) is 1.76. The highest BCUT2D eigenvalue weighted by Crippen LogP contribution is 2.22. The zero-order valence-corrected chi connectivity index (χ0v) is 12.8. The lowest BCUT2D eigenvalue weighted by Crippen LogP contribution is -2.30.